The first kappa shape index (κ1) is 10.4. The molecule has 13 heavy (non-hydrogen) atoms. The predicted octanol–water partition coefficient (Wildman–Crippen LogP) is -0.613. The largest absolute Gasteiger partial charge is 0.480 e. The van der Waals surface area contributed by atoms with Crippen LogP contribution in [-0.2, 0) is 9.53 Å². The zero-order chi connectivity index (χ0) is 9.52. The molecule has 0 amide bonds. The van der Waals surface area contributed by atoms with Gasteiger partial charge in [-0.1, -0.05) is 0 Å². The number of ether oxygens (including phenoxy) is 1. The van der Waals surface area contributed by atoms with Crippen molar-refractivity contribution in [2.24, 2.45) is 0 Å². The lowest BCUT2D eigenvalue weighted by atomic mass is 10.2. The molecule has 2 saturated heterocycles. The van der Waals surface area contributed by atoms with Crippen molar-refractivity contribution in [2.75, 3.05) is 26.4 Å². The Morgan fingerprint density at radius 1 is 1.46 bits per heavy atom. The van der Waals surface area contributed by atoms with Crippen LogP contribution in [0.2, 0.25) is 0 Å². The standard InChI is InChI=1S/C5H9NO2.C3H7NO/c7-5(8)4-2-1-3-6-4;1-2-5-3-4-1/h4,6H,1-3H2,(H,7,8);4H,1-3H2/t4-;/m0./s1. The summed E-state index contributed by atoms with van der Waals surface area (Å²) in [5.74, 6) is -0.720. The molecule has 0 aromatic carbocycles. The van der Waals surface area contributed by atoms with E-state index < -0.39 is 5.97 Å². The zero-order valence-electron chi connectivity index (χ0n) is 7.58. The van der Waals surface area contributed by atoms with Gasteiger partial charge in [-0.2, -0.15) is 0 Å². The third-order valence-corrected chi connectivity index (χ3v) is 1.99. The van der Waals surface area contributed by atoms with Crippen LogP contribution < -0.4 is 10.6 Å². The monoisotopic (exact) mass is 188 g/mol. The molecule has 0 saturated carbocycles. The Kier molecular flexibility index (Phi) is 4.74. The van der Waals surface area contributed by atoms with Gasteiger partial charge in [-0.05, 0) is 19.4 Å². The van der Waals surface area contributed by atoms with E-state index in [1.807, 2.05) is 0 Å². The Balaban J connectivity index is 0.000000145. The Labute approximate surface area is 77.5 Å². The van der Waals surface area contributed by atoms with Gasteiger partial charge in [0.1, 0.15) is 6.04 Å². The number of aliphatic carboxylic acids is 1. The van der Waals surface area contributed by atoms with Crippen LogP contribution in [0, 0.1) is 0 Å². The first-order chi connectivity index (χ1) is 6.30. The van der Waals surface area contributed by atoms with Gasteiger partial charge in [-0.15, -0.1) is 0 Å². The third-order valence-electron chi connectivity index (χ3n) is 1.99. The second-order valence-electron chi connectivity index (χ2n) is 3.04. The maximum Gasteiger partial charge on any atom is 0.320 e. The fourth-order valence-electron chi connectivity index (χ4n) is 1.26. The van der Waals surface area contributed by atoms with Gasteiger partial charge in [0.2, 0.25) is 0 Å². The van der Waals surface area contributed by atoms with Crippen molar-refractivity contribution in [3.63, 3.8) is 0 Å². The lowest BCUT2D eigenvalue weighted by Gasteiger charge is -1.99. The number of carbonyl (C=O) groups is 1. The van der Waals surface area contributed by atoms with E-state index in [1.165, 1.54) is 0 Å². The fourth-order valence-corrected chi connectivity index (χ4v) is 1.26. The molecule has 0 bridgehead atoms. The van der Waals surface area contributed by atoms with E-state index in [4.69, 9.17) is 9.84 Å². The van der Waals surface area contributed by atoms with E-state index in [9.17, 15) is 4.79 Å². The van der Waals surface area contributed by atoms with Crippen molar-refractivity contribution in [3.8, 4) is 0 Å². The number of hydrogen-bond acceptors (Lipinski definition) is 4. The first-order valence-corrected chi connectivity index (χ1v) is 4.55. The Morgan fingerprint density at radius 2 is 2.31 bits per heavy atom. The number of hydrogen-bond donors (Lipinski definition) is 3. The van der Waals surface area contributed by atoms with Crippen LogP contribution in [0.25, 0.3) is 0 Å². The highest BCUT2D eigenvalue weighted by Gasteiger charge is 2.20. The number of rotatable bonds is 1. The van der Waals surface area contributed by atoms with Crippen LogP contribution >= 0.6 is 0 Å². The molecule has 2 fully saturated rings. The van der Waals surface area contributed by atoms with Gasteiger partial charge in [-0.3, -0.25) is 10.1 Å². The summed E-state index contributed by atoms with van der Waals surface area (Å²) in [5, 5.41) is 14.2. The van der Waals surface area contributed by atoms with Gasteiger partial charge in [0.25, 0.3) is 0 Å². The lowest BCUT2D eigenvalue weighted by molar-refractivity contribution is -0.139. The van der Waals surface area contributed by atoms with Crippen molar-refractivity contribution >= 4 is 5.97 Å². The molecule has 2 aliphatic rings. The highest BCUT2D eigenvalue weighted by atomic mass is 16.5. The van der Waals surface area contributed by atoms with E-state index in [0.717, 1.165) is 39.3 Å². The highest BCUT2D eigenvalue weighted by molar-refractivity contribution is 5.73. The van der Waals surface area contributed by atoms with E-state index >= 15 is 0 Å². The molecule has 3 N–H and O–H groups in total. The molecular formula is C8H16N2O3. The molecule has 5 heteroatoms. The van der Waals surface area contributed by atoms with Crippen LogP contribution in [0.1, 0.15) is 12.8 Å². The zero-order valence-corrected chi connectivity index (χ0v) is 7.58. The van der Waals surface area contributed by atoms with Crippen LogP contribution in [0.5, 0.6) is 0 Å². The molecule has 5 nitrogen and oxygen atoms in total. The number of nitrogens with one attached hydrogen (secondary N) is 2. The molecule has 0 aromatic heterocycles. The third kappa shape index (κ3) is 4.21. The van der Waals surface area contributed by atoms with Crippen LogP contribution in [0.3, 0.4) is 0 Å². The molecule has 0 spiro atoms. The Bertz CT molecular complexity index is 146. The quantitative estimate of drug-likeness (QED) is 0.512. The van der Waals surface area contributed by atoms with Crippen molar-refractivity contribution in [3.05, 3.63) is 0 Å². The molecule has 1 atom stereocenters. The molecule has 0 radical (unpaired) electrons. The first-order valence-electron chi connectivity index (χ1n) is 4.55. The number of carboxylic acids is 1. The minimum absolute atomic E-state index is 0.269. The van der Waals surface area contributed by atoms with Gasteiger partial charge in [0.15, 0.2) is 0 Å². The minimum Gasteiger partial charge on any atom is -0.480 e. The smallest absolute Gasteiger partial charge is 0.320 e. The normalized spacial score (nSPS) is 26.6. The van der Waals surface area contributed by atoms with Crippen LogP contribution in [0.15, 0.2) is 0 Å². The average Bonchev–Trinajstić information content (AvgIpc) is 2.82. The Hall–Kier alpha value is -0.650. The summed E-state index contributed by atoms with van der Waals surface area (Å²) in [6.07, 6.45) is 1.78. The summed E-state index contributed by atoms with van der Waals surface area (Å²) in [7, 11) is 0. The molecule has 0 aliphatic carbocycles. The van der Waals surface area contributed by atoms with Crippen LogP contribution in [-0.4, -0.2) is 43.5 Å². The minimum atomic E-state index is -0.720. The lowest BCUT2D eigenvalue weighted by Crippen LogP contribution is -2.29. The van der Waals surface area contributed by atoms with E-state index in [0.29, 0.717) is 0 Å². The molecule has 2 heterocycles. The van der Waals surface area contributed by atoms with Crippen molar-refractivity contribution in [1.29, 1.82) is 0 Å². The van der Waals surface area contributed by atoms with Gasteiger partial charge in [0, 0.05) is 6.54 Å². The topological polar surface area (TPSA) is 70.6 Å². The van der Waals surface area contributed by atoms with E-state index in [1.54, 1.807) is 0 Å². The maximum absolute atomic E-state index is 10.1. The average molecular weight is 188 g/mol. The molecule has 2 rings (SSSR count). The van der Waals surface area contributed by atoms with Gasteiger partial charge >= 0.3 is 5.97 Å². The van der Waals surface area contributed by atoms with Gasteiger partial charge < -0.3 is 15.2 Å². The summed E-state index contributed by atoms with van der Waals surface area (Å²) in [6.45, 7) is 3.52. The Morgan fingerprint density at radius 3 is 2.54 bits per heavy atom. The van der Waals surface area contributed by atoms with Gasteiger partial charge in [0.05, 0.1) is 13.3 Å². The second-order valence-corrected chi connectivity index (χ2v) is 3.04. The predicted molar refractivity (Wildman–Crippen MR) is 47.5 cm³/mol. The summed E-state index contributed by atoms with van der Waals surface area (Å²) in [4.78, 5) is 10.1. The van der Waals surface area contributed by atoms with Crippen molar-refractivity contribution in [2.45, 2.75) is 18.9 Å². The van der Waals surface area contributed by atoms with Crippen molar-refractivity contribution in [1.82, 2.24) is 10.6 Å². The van der Waals surface area contributed by atoms with Gasteiger partial charge in [-0.25, -0.2) is 0 Å². The molecule has 0 unspecified atom stereocenters. The maximum atomic E-state index is 10.1. The molecule has 0 aromatic rings. The van der Waals surface area contributed by atoms with E-state index in [-0.39, 0.29) is 6.04 Å². The highest BCUT2D eigenvalue weighted by Crippen LogP contribution is 2.03. The van der Waals surface area contributed by atoms with Crippen LogP contribution in [0.4, 0.5) is 0 Å². The summed E-state index contributed by atoms with van der Waals surface area (Å²) < 4.78 is 4.83. The summed E-state index contributed by atoms with van der Waals surface area (Å²) >= 11 is 0. The van der Waals surface area contributed by atoms with E-state index in [2.05, 4.69) is 10.6 Å². The molecule has 2 aliphatic heterocycles. The SMILES string of the molecule is C1COCN1.O=C(O)[C@@H]1CCCN1. The molecular weight excluding hydrogens is 172 g/mol. The molecule has 76 valence electrons. The summed E-state index contributed by atoms with van der Waals surface area (Å²) in [6, 6.07) is -0.269. The number of carboxylic acid groups (broad SMARTS) is 1. The fraction of sp³-hybridized carbons (Fsp3) is 0.875. The summed E-state index contributed by atoms with van der Waals surface area (Å²) in [5.41, 5.74) is 0. The van der Waals surface area contributed by atoms with Crippen molar-refractivity contribution < 1.29 is 14.6 Å². The second kappa shape index (κ2) is 5.90.